The van der Waals surface area contributed by atoms with E-state index in [1.165, 1.54) is 19.1 Å². The third-order valence-corrected chi connectivity index (χ3v) is 4.62. The predicted molar refractivity (Wildman–Crippen MR) is 99.9 cm³/mol. The van der Waals surface area contributed by atoms with Gasteiger partial charge in [-0.1, -0.05) is 18.8 Å². The van der Waals surface area contributed by atoms with Gasteiger partial charge >= 0.3 is 11.9 Å². The fourth-order valence-corrected chi connectivity index (χ4v) is 2.98. The number of benzene rings is 2. The molecule has 138 valence electrons. The van der Waals surface area contributed by atoms with Gasteiger partial charge in [-0.3, -0.25) is 4.79 Å². The number of esters is 1. The molecule has 0 aliphatic carbocycles. The van der Waals surface area contributed by atoms with E-state index in [9.17, 15) is 9.59 Å². The van der Waals surface area contributed by atoms with Gasteiger partial charge < -0.3 is 14.6 Å². The van der Waals surface area contributed by atoms with E-state index in [1.54, 1.807) is 12.1 Å². The first-order valence-corrected chi connectivity index (χ1v) is 8.63. The van der Waals surface area contributed by atoms with Crippen molar-refractivity contribution < 1.29 is 24.2 Å². The Hall–Kier alpha value is -3.26. The van der Waals surface area contributed by atoms with Crippen molar-refractivity contribution in [3.8, 4) is 17.6 Å². The van der Waals surface area contributed by atoms with E-state index in [1.807, 2.05) is 18.2 Å². The number of carbonyl (C=O) groups is 2. The molecule has 0 saturated carbocycles. The minimum Gasteiger partial charge on any atom is -0.493 e. The maximum atomic E-state index is 11.2. The summed E-state index contributed by atoms with van der Waals surface area (Å²) in [5.41, 5.74) is 2.43. The molecule has 1 aliphatic rings. The Morgan fingerprint density at radius 2 is 1.81 bits per heavy atom. The summed E-state index contributed by atoms with van der Waals surface area (Å²) in [6, 6.07) is 12.2. The van der Waals surface area contributed by atoms with E-state index in [-0.39, 0.29) is 16.9 Å². The van der Waals surface area contributed by atoms with Crippen LogP contribution in [0.2, 0.25) is 0 Å². The van der Waals surface area contributed by atoms with E-state index in [0.29, 0.717) is 13.2 Å². The highest BCUT2D eigenvalue weighted by molar-refractivity contribution is 5.87. The number of rotatable bonds is 3. The lowest BCUT2D eigenvalue weighted by molar-refractivity contribution is -0.143. The summed E-state index contributed by atoms with van der Waals surface area (Å²) in [6.07, 6.45) is 0.751. The molecular weight excluding hydrogens is 344 g/mol. The molecule has 0 amide bonds. The van der Waals surface area contributed by atoms with Crippen molar-refractivity contribution in [2.24, 2.45) is 0 Å². The third-order valence-electron chi connectivity index (χ3n) is 4.62. The molecule has 0 fully saturated rings. The first-order valence-electron chi connectivity index (χ1n) is 8.63. The molecule has 0 spiro atoms. The zero-order valence-corrected chi connectivity index (χ0v) is 15.2. The minimum atomic E-state index is -0.962. The summed E-state index contributed by atoms with van der Waals surface area (Å²) >= 11 is 0. The Morgan fingerprint density at radius 1 is 1.15 bits per heavy atom. The first kappa shape index (κ1) is 18.5. The quantitative estimate of drug-likeness (QED) is 0.668. The molecule has 0 bridgehead atoms. The van der Waals surface area contributed by atoms with E-state index >= 15 is 0 Å². The Morgan fingerprint density at radius 3 is 2.48 bits per heavy atom. The lowest BCUT2D eigenvalue weighted by Crippen LogP contribution is -2.35. The predicted octanol–water partition coefficient (Wildman–Crippen LogP) is 3.39. The van der Waals surface area contributed by atoms with Crippen LogP contribution in [0.1, 0.15) is 47.3 Å². The zero-order chi connectivity index (χ0) is 19.4. The fourth-order valence-electron chi connectivity index (χ4n) is 2.98. The number of hydrogen-bond donors (Lipinski definition) is 1. The molecule has 5 heteroatoms. The molecule has 3 rings (SSSR count). The summed E-state index contributed by atoms with van der Waals surface area (Å²) in [4.78, 5) is 22.1. The topological polar surface area (TPSA) is 72.8 Å². The first-order chi connectivity index (χ1) is 12.9. The van der Waals surface area contributed by atoms with Crippen molar-refractivity contribution in [1.82, 2.24) is 0 Å². The van der Waals surface area contributed by atoms with Gasteiger partial charge in [0.2, 0.25) is 0 Å². The Bertz CT molecular complexity index is 933. The lowest BCUT2D eigenvalue weighted by Gasteiger charge is -2.35. The summed E-state index contributed by atoms with van der Waals surface area (Å²) in [6.45, 7) is 4.33. The van der Waals surface area contributed by atoms with Crippen molar-refractivity contribution in [2.75, 3.05) is 13.2 Å². The van der Waals surface area contributed by atoms with Crippen LogP contribution in [0.5, 0.6) is 5.75 Å². The average molecular weight is 364 g/mol. The van der Waals surface area contributed by atoms with Crippen LogP contribution in [0.3, 0.4) is 0 Å². The van der Waals surface area contributed by atoms with Crippen LogP contribution in [0.25, 0.3) is 0 Å². The molecule has 5 nitrogen and oxygen atoms in total. The van der Waals surface area contributed by atoms with Gasteiger partial charge in [0.15, 0.2) is 0 Å². The van der Waals surface area contributed by atoms with Gasteiger partial charge in [-0.05, 0) is 48.9 Å². The van der Waals surface area contributed by atoms with Gasteiger partial charge in [0.05, 0.1) is 12.2 Å². The van der Waals surface area contributed by atoms with Gasteiger partial charge in [0, 0.05) is 29.0 Å². The third kappa shape index (κ3) is 4.29. The second-order valence-electron chi connectivity index (χ2n) is 6.78. The van der Waals surface area contributed by atoms with Crippen molar-refractivity contribution in [3.63, 3.8) is 0 Å². The van der Waals surface area contributed by atoms with Crippen molar-refractivity contribution in [2.45, 2.75) is 25.7 Å². The van der Waals surface area contributed by atoms with Gasteiger partial charge in [0.1, 0.15) is 12.4 Å². The normalized spacial score (nSPS) is 17.7. The van der Waals surface area contributed by atoms with Crippen LogP contribution in [-0.2, 0) is 14.9 Å². The van der Waals surface area contributed by atoms with Crippen LogP contribution >= 0.6 is 0 Å². The molecular formula is C22H20O5. The number of aromatic carboxylic acids is 1. The number of hydrogen-bond acceptors (Lipinski definition) is 4. The van der Waals surface area contributed by atoms with Crippen molar-refractivity contribution in [1.29, 1.82) is 0 Å². The fraction of sp³-hybridized carbons (Fsp3) is 0.273. The maximum absolute atomic E-state index is 11.2. The molecule has 1 N–H and O–H groups in total. The molecule has 0 aromatic heterocycles. The Kier molecular flexibility index (Phi) is 5.18. The van der Waals surface area contributed by atoms with E-state index in [0.717, 1.165) is 28.9 Å². The Labute approximate surface area is 157 Å². The van der Waals surface area contributed by atoms with Gasteiger partial charge in [-0.25, -0.2) is 4.79 Å². The van der Waals surface area contributed by atoms with Crippen molar-refractivity contribution in [3.05, 3.63) is 64.7 Å². The van der Waals surface area contributed by atoms with Crippen LogP contribution in [-0.4, -0.2) is 30.3 Å². The molecule has 1 heterocycles. The van der Waals surface area contributed by atoms with Gasteiger partial charge in [-0.15, -0.1) is 0 Å². The summed E-state index contributed by atoms with van der Waals surface area (Å²) < 4.78 is 11.0. The van der Waals surface area contributed by atoms with Crippen LogP contribution < -0.4 is 4.74 Å². The molecule has 2 aromatic carbocycles. The maximum Gasteiger partial charge on any atom is 0.335 e. The summed E-state index contributed by atoms with van der Waals surface area (Å²) in [7, 11) is 0. The number of carboxylic acids is 1. The molecule has 0 saturated heterocycles. The largest absolute Gasteiger partial charge is 0.493 e. The molecule has 1 unspecified atom stereocenters. The van der Waals surface area contributed by atoms with Crippen LogP contribution in [0.4, 0.5) is 0 Å². The average Bonchev–Trinajstić information content (AvgIpc) is 2.65. The van der Waals surface area contributed by atoms with Gasteiger partial charge in [-0.2, -0.15) is 0 Å². The molecule has 1 atom stereocenters. The monoisotopic (exact) mass is 364 g/mol. The number of fused-ring (bicyclic) bond motifs is 1. The molecule has 2 aromatic rings. The Balaban J connectivity index is 1.87. The van der Waals surface area contributed by atoms with E-state index < -0.39 is 5.97 Å². The van der Waals surface area contributed by atoms with Crippen LogP contribution in [0.15, 0.2) is 42.5 Å². The minimum absolute atomic E-state index is 0.229. The lowest BCUT2D eigenvalue weighted by atomic mass is 9.78. The SMILES string of the molecule is CC(=O)OCC1(C)CCOc2ccc(C#Cc3ccc(C(=O)O)cc3)cc21. The van der Waals surface area contributed by atoms with Crippen molar-refractivity contribution >= 4 is 11.9 Å². The zero-order valence-electron chi connectivity index (χ0n) is 15.2. The van der Waals surface area contributed by atoms with E-state index in [2.05, 4.69) is 18.8 Å². The second-order valence-corrected chi connectivity index (χ2v) is 6.78. The number of carboxylic acid groups (broad SMARTS) is 1. The standard InChI is InChI=1S/C22H20O5/c1-15(23)27-14-22(2)11-12-26-20-10-7-17(13-19(20)22)4-3-16-5-8-18(9-6-16)21(24)25/h5-10,13H,11-12,14H2,1-2H3,(H,24,25). The van der Waals surface area contributed by atoms with Crippen LogP contribution in [0, 0.1) is 11.8 Å². The summed E-state index contributed by atoms with van der Waals surface area (Å²) in [5, 5.41) is 8.94. The highest BCUT2D eigenvalue weighted by Crippen LogP contribution is 2.39. The number of ether oxygens (including phenoxy) is 2. The smallest absolute Gasteiger partial charge is 0.335 e. The summed E-state index contributed by atoms with van der Waals surface area (Å²) in [5.74, 6) is 5.67. The van der Waals surface area contributed by atoms with E-state index in [4.69, 9.17) is 14.6 Å². The highest BCUT2D eigenvalue weighted by atomic mass is 16.5. The second kappa shape index (κ2) is 7.55. The highest BCUT2D eigenvalue weighted by Gasteiger charge is 2.34. The van der Waals surface area contributed by atoms with Gasteiger partial charge in [0.25, 0.3) is 0 Å². The molecule has 0 radical (unpaired) electrons. The molecule has 1 aliphatic heterocycles. The number of carbonyl (C=O) groups excluding carboxylic acids is 1. The molecule has 27 heavy (non-hydrogen) atoms.